The number of hydrogen-bond donors (Lipinski definition) is 2. The molecular formula is C15H21FN2O3. The summed E-state index contributed by atoms with van der Waals surface area (Å²) in [7, 11) is 0. The Morgan fingerprint density at radius 1 is 1.38 bits per heavy atom. The van der Waals surface area contributed by atoms with Crippen molar-refractivity contribution in [2.75, 3.05) is 6.54 Å². The number of benzene rings is 1. The van der Waals surface area contributed by atoms with Crippen LogP contribution < -0.4 is 5.32 Å². The summed E-state index contributed by atoms with van der Waals surface area (Å²) < 4.78 is 13.2. The number of urea groups is 1. The maximum atomic E-state index is 13.2. The topological polar surface area (TPSA) is 69.6 Å². The van der Waals surface area contributed by atoms with Crippen LogP contribution >= 0.6 is 0 Å². The van der Waals surface area contributed by atoms with Crippen LogP contribution in [0.2, 0.25) is 0 Å². The first-order valence-corrected chi connectivity index (χ1v) is 6.66. The molecule has 0 aliphatic heterocycles. The second-order valence-electron chi connectivity index (χ2n) is 5.88. The lowest BCUT2D eigenvalue weighted by Gasteiger charge is -2.35. The predicted molar refractivity (Wildman–Crippen MR) is 77.4 cm³/mol. The molecule has 6 heteroatoms. The van der Waals surface area contributed by atoms with Gasteiger partial charge in [-0.05, 0) is 45.4 Å². The number of carbonyl (C=O) groups is 2. The Morgan fingerprint density at radius 3 is 2.48 bits per heavy atom. The Morgan fingerprint density at radius 2 is 2.00 bits per heavy atom. The average Bonchev–Trinajstić information content (AvgIpc) is 2.34. The first-order chi connectivity index (χ1) is 9.61. The monoisotopic (exact) mass is 296 g/mol. The number of nitrogens with one attached hydrogen (secondary N) is 1. The summed E-state index contributed by atoms with van der Waals surface area (Å²) in [6.45, 7) is 6.58. The molecule has 0 saturated heterocycles. The smallest absolute Gasteiger partial charge is 0.323 e. The van der Waals surface area contributed by atoms with Crippen molar-refractivity contribution in [3.63, 3.8) is 0 Å². The van der Waals surface area contributed by atoms with Crippen LogP contribution in [-0.4, -0.2) is 34.1 Å². The lowest BCUT2D eigenvalue weighted by Crippen LogP contribution is -2.52. The second kappa shape index (κ2) is 6.56. The molecule has 0 aromatic heterocycles. The van der Waals surface area contributed by atoms with Crippen LogP contribution in [0, 0.1) is 5.82 Å². The van der Waals surface area contributed by atoms with Gasteiger partial charge in [0.2, 0.25) is 0 Å². The van der Waals surface area contributed by atoms with Gasteiger partial charge in [0.15, 0.2) is 0 Å². The number of carboxylic acid groups (broad SMARTS) is 1. The average molecular weight is 296 g/mol. The van der Waals surface area contributed by atoms with E-state index < -0.39 is 30.1 Å². The number of amides is 2. The minimum absolute atomic E-state index is 0.383. The van der Waals surface area contributed by atoms with Crippen molar-refractivity contribution in [1.82, 2.24) is 10.2 Å². The zero-order valence-electron chi connectivity index (χ0n) is 12.7. The summed E-state index contributed by atoms with van der Waals surface area (Å²) in [6.07, 6.45) is 0. The molecule has 0 aliphatic rings. The van der Waals surface area contributed by atoms with E-state index in [0.29, 0.717) is 5.56 Å². The van der Waals surface area contributed by atoms with Crippen molar-refractivity contribution < 1.29 is 19.1 Å². The molecular weight excluding hydrogens is 275 g/mol. The molecule has 0 aliphatic carbocycles. The third-order valence-electron chi connectivity index (χ3n) is 3.04. The summed E-state index contributed by atoms with van der Waals surface area (Å²) in [5.74, 6) is -1.47. The Balaban J connectivity index is 2.84. The number of carboxylic acids is 1. The van der Waals surface area contributed by atoms with E-state index in [-0.39, 0.29) is 5.82 Å². The molecule has 0 bridgehead atoms. The fourth-order valence-electron chi connectivity index (χ4n) is 1.87. The minimum Gasteiger partial charge on any atom is -0.480 e. The SMILES string of the molecule is CC(NC(=O)N(CC(=O)O)C(C)(C)C)c1cccc(F)c1. The molecule has 1 atom stereocenters. The summed E-state index contributed by atoms with van der Waals surface area (Å²) in [6, 6.07) is 5.00. The van der Waals surface area contributed by atoms with Gasteiger partial charge in [-0.15, -0.1) is 0 Å². The number of aliphatic carboxylic acids is 1. The van der Waals surface area contributed by atoms with Crippen molar-refractivity contribution in [3.8, 4) is 0 Å². The van der Waals surface area contributed by atoms with E-state index in [0.717, 1.165) is 0 Å². The normalized spacial score (nSPS) is 12.6. The van der Waals surface area contributed by atoms with Gasteiger partial charge >= 0.3 is 12.0 Å². The zero-order chi connectivity index (χ0) is 16.2. The fourth-order valence-corrected chi connectivity index (χ4v) is 1.87. The third kappa shape index (κ3) is 5.06. The van der Waals surface area contributed by atoms with E-state index in [1.807, 2.05) is 0 Å². The van der Waals surface area contributed by atoms with Crippen LogP contribution in [0.3, 0.4) is 0 Å². The quantitative estimate of drug-likeness (QED) is 0.897. The van der Waals surface area contributed by atoms with E-state index in [1.54, 1.807) is 39.8 Å². The lowest BCUT2D eigenvalue weighted by atomic mass is 10.1. The van der Waals surface area contributed by atoms with Crippen molar-refractivity contribution in [3.05, 3.63) is 35.6 Å². The number of rotatable bonds is 4. The van der Waals surface area contributed by atoms with Crippen LogP contribution in [0.5, 0.6) is 0 Å². The molecule has 2 N–H and O–H groups in total. The van der Waals surface area contributed by atoms with Crippen LogP contribution in [0.25, 0.3) is 0 Å². The third-order valence-corrected chi connectivity index (χ3v) is 3.04. The van der Waals surface area contributed by atoms with Gasteiger partial charge in [-0.3, -0.25) is 4.79 Å². The maximum Gasteiger partial charge on any atom is 0.323 e. The van der Waals surface area contributed by atoms with E-state index in [9.17, 15) is 14.0 Å². The standard InChI is InChI=1S/C15H21FN2O3/c1-10(11-6-5-7-12(16)8-11)17-14(21)18(9-13(19)20)15(2,3)4/h5-8,10H,9H2,1-4H3,(H,17,21)(H,19,20). The van der Waals surface area contributed by atoms with Gasteiger partial charge in [-0.2, -0.15) is 0 Å². The molecule has 21 heavy (non-hydrogen) atoms. The van der Waals surface area contributed by atoms with E-state index in [1.165, 1.54) is 17.0 Å². The molecule has 1 rings (SSSR count). The number of halogens is 1. The highest BCUT2D eigenvalue weighted by molar-refractivity contribution is 5.81. The molecule has 0 heterocycles. The Bertz CT molecular complexity index is 526. The van der Waals surface area contributed by atoms with Crippen LogP contribution in [0.1, 0.15) is 39.3 Å². The van der Waals surface area contributed by atoms with Gasteiger partial charge in [0.25, 0.3) is 0 Å². The molecule has 0 radical (unpaired) electrons. The zero-order valence-corrected chi connectivity index (χ0v) is 12.7. The summed E-state index contributed by atoms with van der Waals surface area (Å²) in [4.78, 5) is 24.4. The number of carbonyl (C=O) groups excluding carboxylic acids is 1. The molecule has 1 unspecified atom stereocenters. The van der Waals surface area contributed by atoms with Gasteiger partial charge in [-0.25, -0.2) is 9.18 Å². The number of nitrogens with zero attached hydrogens (tertiary/aromatic N) is 1. The Hall–Kier alpha value is -2.11. The summed E-state index contributed by atoms with van der Waals surface area (Å²) in [5, 5.41) is 11.6. The van der Waals surface area contributed by atoms with Crippen LogP contribution in [-0.2, 0) is 4.79 Å². The number of hydrogen-bond acceptors (Lipinski definition) is 2. The van der Waals surface area contributed by atoms with E-state index >= 15 is 0 Å². The molecule has 0 fully saturated rings. The van der Waals surface area contributed by atoms with Crippen LogP contribution in [0.4, 0.5) is 9.18 Å². The van der Waals surface area contributed by atoms with Gasteiger partial charge in [-0.1, -0.05) is 12.1 Å². The van der Waals surface area contributed by atoms with E-state index in [4.69, 9.17) is 5.11 Å². The summed E-state index contributed by atoms with van der Waals surface area (Å²) in [5.41, 5.74) is -0.0167. The van der Waals surface area contributed by atoms with Gasteiger partial charge in [0, 0.05) is 5.54 Å². The molecule has 1 aromatic carbocycles. The Kier molecular flexibility index (Phi) is 5.29. The fraction of sp³-hybridized carbons (Fsp3) is 0.467. The predicted octanol–water partition coefficient (Wildman–Crippen LogP) is 2.78. The van der Waals surface area contributed by atoms with Crippen molar-refractivity contribution in [2.45, 2.75) is 39.3 Å². The minimum atomic E-state index is -1.08. The highest BCUT2D eigenvalue weighted by Gasteiger charge is 2.29. The van der Waals surface area contributed by atoms with Gasteiger partial charge < -0.3 is 15.3 Å². The van der Waals surface area contributed by atoms with Crippen molar-refractivity contribution >= 4 is 12.0 Å². The molecule has 0 spiro atoms. The van der Waals surface area contributed by atoms with Crippen molar-refractivity contribution in [1.29, 1.82) is 0 Å². The highest BCUT2D eigenvalue weighted by atomic mass is 19.1. The summed E-state index contributed by atoms with van der Waals surface area (Å²) >= 11 is 0. The molecule has 0 saturated carbocycles. The molecule has 5 nitrogen and oxygen atoms in total. The second-order valence-corrected chi connectivity index (χ2v) is 5.88. The first kappa shape index (κ1) is 16.9. The van der Waals surface area contributed by atoms with E-state index in [2.05, 4.69) is 5.32 Å². The van der Waals surface area contributed by atoms with Gasteiger partial charge in [0.1, 0.15) is 12.4 Å². The van der Waals surface area contributed by atoms with Gasteiger partial charge in [0.05, 0.1) is 6.04 Å². The largest absolute Gasteiger partial charge is 0.480 e. The lowest BCUT2D eigenvalue weighted by molar-refractivity contribution is -0.138. The first-order valence-electron chi connectivity index (χ1n) is 6.66. The highest BCUT2D eigenvalue weighted by Crippen LogP contribution is 2.17. The van der Waals surface area contributed by atoms with Crippen LogP contribution in [0.15, 0.2) is 24.3 Å². The molecule has 116 valence electrons. The maximum absolute atomic E-state index is 13.2. The molecule has 1 aromatic rings. The molecule has 2 amide bonds. The van der Waals surface area contributed by atoms with Crippen molar-refractivity contribution in [2.24, 2.45) is 0 Å². The Labute approximate surface area is 123 Å².